The average molecular weight is 874 g/mol. The molecule has 63 heavy (non-hydrogen) atoms. The second kappa shape index (κ2) is 25.9. The van der Waals surface area contributed by atoms with E-state index in [0.29, 0.717) is 45.8 Å². The van der Waals surface area contributed by atoms with Crippen molar-refractivity contribution in [3.63, 3.8) is 0 Å². The van der Waals surface area contributed by atoms with Crippen molar-refractivity contribution in [2.24, 2.45) is 11.8 Å². The van der Waals surface area contributed by atoms with E-state index >= 15 is 0 Å². The molecule has 0 aromatic heterocycles. The van der Waals surface area contributed by atoms with Gasteiger partial charge >= 0.3 is 12.1 Å². The third-order valence-corrected chi connectivity index (χ3v) is 11.7. The Balaban J connectivity index is 1.32. The number of methoxy groups -OCH3 is 2. The highest BCUT2D eigenvalue weighted by Crippen LogP contribution is 2.34. The Kier molecular flexibility index (Phi) is 20.4. The number of carbonyl (C=O) groups is 2. The maximum atomic E-state index is 14.4. The Morgan fingerprint density at radius 2 is 1.41 bits per heavy atom. The Morgan fingerprint density at radius 3 is 2.05 bits per heavy atom. The van der Waals surface area contributed by atoms with Gasteiger partial charge in [-0.05, 0) is 113 Å². The van der Waals surface area contributed by atoms with Gasteiger partial charge in [0.1, 0.15) is 37.1 Å². The molecule has 0 bridgehead atoms. The molecule has 0 spiro atoms. The van der Waals surface area contributed by atoms with Crippen LogP contribution in [0.25, 0.3) is 0 Å². The number of ether oxygens (including phenoxy) is 9. The fourth-order valence-corrected chi connectivity index (χ4v) is 8.27. The van der Waals surface area contributed by atoms with E-state index in [0.717, 1.165) is 60.1 Å². The molecule has 0 N–H and O–H groups in total. The number of piperidine rings is 1. The lowest BCUT2D eigenvalue weighted by Gasteiger charge is -2.38. The summed E-state index contributed by atoms with van der Waals surface area (Å²) < 4.78 is 54.4. The molecule has 2 fully saturated rings. The Bertz CT molecular complexity index is 1800. The van der Waals surface area contributed by atoms with Crippen LogP contribution in [0.15, 0.2) is 96.6 Å². The van der Waals surface area contributed by atoms with Crippen LogP contribution in [-0.2, 0) is 62.5 Å². The molecule has 3 aromatic rings. The number of rotatable bonds is 23. The second-order valence-electron chi connectivity index (χ2n) is 17.7. The SMILES string of the molecule is COc1ccc(COCC[C@H](OCOCc2ccccc2)[C@@H](C)[C@H](OC(=O)[C@@H]2CCCCN2C(=O)OC(C)(C)C)/C(C)=C/[C@@H]2CC[C@@H](OCOCc3ccccc3)[C@H](OC)C2)cc1. The molecule has 1 aliphatic carbocycles. The van der Waals surface area contributed by atoms with E-state index in [2.05, 4.69) is 6.08 Å². The van der Waals surface area contributed by atoms with Gasteiger partial charge in [-0.1, -0.05) is 85.8 Å². The average Bonchev–Trinajstić information content (AvgIpc) is 3.29. The van der Waals surface area contributed by atoms with Gasteiger partial charge in [0.2, 0.25) is 0 Å². The summed E-state index contributed by atoms with van der Waals surface area (Å²) >= 11 is 0. The molecular weight excluding hydrogens is 803 g/mol. The molecule has 3 aromatic carbocycles. The molecule has 7 atom stereocenters. The topological polar surface area (TPSA) is 120 Å². The standard InChI is InChI=1S/C51H71NO11/c1-37(30-42-23-26-46(47(31-42)56-7)61-36-59-34-40-18-12-9-13-19-40)48(62-49(53)44-20-14-15-28-52(44)50(54)63-51(3,4)5)38(2)45(60-35-58-33-39-16-10-8-11-17-39)27-29-57-32-41-21-24-43(55-6)25-22-41/h8-13,16-19,21-22,24-25,30,38,42,44-48H,14-15,20,23,26-29,31-36H2,1-7H3/b37-30+/t38-,42+,44+,45+,46-,47-,48-/m1/s1. The number of allylic oxidation sites excluding steroid dienone is 1. The predicted octanol–water partition coefficient (Wildman–Crippen LogP) is 9.82. The summed E-state index contributed by atoms with van der Waals surface area (Å²) in [4.78, 5) is 29.4. The van der Waals surface area contributed by atoms with Crippen molar-refractivity contribution < 1.29 is 52.2 Å². The molecule has 12 nitrogen and oxygen atoms in total. The Labute approximate surface area is 375 Å². The summed E-state index contributed by atoms with van der Waals surface area (Å²) in [7, 11) is 3.36. The van der Waals surface area contributed by atoms with Crippen LogP contribution in [0.1, 0.15) is 96.3 Å². The van der Waals surface area contributed by atoms with Crippen molar-refractivity contribution in [2.75, 3.05) is 41.0 Å². The molecule has 346 valence electrons. The van der Waals surface area contributed by atoms with Crippen molar-refractivity contribution in [1.29, 1.82) is 0 Å². The molecular formula is C51H71NO11. The number of hydrogen-bond donors (Lipinski definition) is 0. The lowest BCUT2D eigenvalue weighted by molar-refractivity contribution is -0.165. The molecule has 12 heteroatoms. The van der Waals surface area contributed by atoms with Crippen molar-refractivity contribution in [2.45, 2.75) is 135 Å². The summed E-state index contributed by atoms with van der Waals surface area (Å²) in [6, 6.07) is 27.0. The summed E-state index contributed by atoms with van der Waals surface area (Å²) in [6.07, 6.45) is 5.31. The maximum Gasteiger partial charge on any atom is 0.411 e. The van der Waals surface area contributed by atoms with Crippen molar-refractivity contribution in [3.8, 4) is 5.75 Å². The minimum atomic E-state index is -0.771. The zero-order chi connectivity index (χ0) is 45.0. The van der Waals surface area contributed by atoms with Crippen LogP contribution >= 0.6 is 0 Å². The van der Waals surface area contributed by atoms with Gasteiger partial charge in [-0.25, -0.2) is 9.59 Å². The Hall–Kier alpha value is -4.30. The Morgan fingerprint density at radius 1 is 0.778 bits per heavy atom. The van der Waals surface area contributed by atoms with E-state index < -0.39 is 35.9 Å². The minimum Gasteiger partial charge on any atom is -0.497 e. The molecule has 1 saturated carbocycles. The molecule has 5 rings (SSSR count). The van der Waals surface area contributed by atoms with E-state index in [9.17, 15) is 9.59 Å². The number of benzene rings is 3. The molecule has 1 saturated heterocycles. The molecule has 1 heterocycles. The van der Waals surface area contributed by atoms with Gasteiger partial charge in [-0.2, -0.15) is 0 Å². The largest absolute Gasteiger partial charge is 0.497 e. The quantitative estimate of drug-likeness (QED) is 0.0392. The van der Waals surface area contributed by atoms with Gasteiger partial charge in [-0.15, -0.1) is 0 Å². The van der Waals surface area contributed by atoms with E-state index in [4.69, 9.17) is 42.6 Å². The van der Waals surface area contributed by atoms with Crippen LogP contribution in [-0.4, -0.2) is 94.0 Å². The summed E-state index contributed by atoms with van der Waals surface area (Å²) in [6.45, 7) is 11.9. The lowest BCUT2D eigenvalue weighted by Crippen LogP contribution is -2.51. The fraction of sp³-hybridized carbons (Fsp3) is 0.569. The van der Waals surface area contributed by atoms with Gasteiger partial charge in [0.15, 0.2) is 0 Å². The predicted molar refractivity (Wildman–Crippen MR) is 241 cm³/mol. The lowest BCUT2D eigenvalue weighted by atomic mass is 9.82. The van der Waals surface area contributed by atoms with Crippen molar-refractivity contribution in [3.05, 3.63) is 113 Å². The van der Waals surface area contributed by atoms with Crippen LogP contribution < -0.4 is 4.74 Å². The van der Waals surface area contributed by atoms with Crippen molar-refractivity contribution >= 4 is 12.1 Å². The highest BCUT2D eigenvalue weighted by atomic mass is 16.7. The first kappa shape index (κ1) is 49.7. The van der Waals surface area contributed by atoms with Crippen LogP contribution in [0.3, 0.4) is 0 Å². The van der Waals surface area contributed by atoms with E-state index in [1.807, 2.05) is 120 Å². The number of esters is 1. The van der Waals surface area contributed by atoms with Crippen LogP contribution in [0.2, 0.25) is 0 Å². The molecule has 0 radical (unpaired) electrons. The first-order chi connectivity index (χ1) is 30.4. The van der Waals surface area contributed by atoms with Crippen LogP contribution in [0, 0.1) is 11.8 Å². The first-order valence-corrected chi connectivity index (χ1v) is 22.5. The number of hydrogen-bond acceptors (Lipinski definition) is 11. The normalized spacial score (nSPS) is 21.0. The fourth-order valence-electron chi connectivity index (χ4n) is 8.27. The highest BCUT2D eigenvalue weighted by Gasteiger charge is 2.40. The zero-order valence-electron chi connectivity index (χ0n) is 38.5. The van der Waals surface area contributed by atoms with Crippen LogP contribution in [0.4, 0.5) is 4.79 Å². The van der Waals surface area contributed by atoms with E-state index in [1.165, 1.54) is 4.90 Å². The number of nitrogens with zero attached hydrogens (tertiary/aromatic N) is 1. The number of carbonyl (C=O) groups excluding carboxylic acids is 2. The smallest absolute Gasteiger partial charge is 0.411 e. The molecule has 1 aliphatic heterocycles. The second-order valence-corrected chi connectivity index (χ2v) is 17.7. The monoisotopic (exact) mass is 874 g/mol. The molecule has 2 aliphatic rings. The third-order valence-electron chi connectivity index (χ3n) is 11.7. The third kappa shape index (κ3) is 16.6. The molecule has 0 unspecified atom stereocenters. The summed E-state index contributed by atoms with van der Waals surface area (Å²) in [5.74, 6) is 0.143. The number of amides is 1. The highest BCUT2D eigenvalue weighted by molar-refractivity contribution is 5.82. The van der Waals surface area contributed by atoms with Crippen molar-refractivity contribution in [1.82, 2.24) is 4.90 Å². The van der Waals surface area contributed by atoms with E-state index in [1.54, 1.807) is 14.2 Å². The van der Waals surface area contributed by atoms with Gasteiger partial charge in [0.25, 0.3) is 0 Å². The van der Waals surface area contributed by atoms with Gasteiger partial charge in [0, 0.05) is 26.2 Å². The first-order valence-electron chi connectivity index (χ1n) is 22.5. The van der Waals surface area contributed by atoms with Crippen LogP contribution in [0.5, 0.6) is 5.75 Å². The maximum absolute atomic E-state index is 14.4. The van der Waals surface area contributed by atoms with Gasteiger partial charge in [-0.3, -0.25) is 4.90 Å². The summed E-state index contributed by atoms with van der Waals surface area (Å²) in [5, 5.41) is 0. The summed E-state index contributed by atoms with van der Waals surface area (Å²) in [5.41, 5.74) is 3.34. The van der Waals surface area contributed by atoms with Gasteiger partial charge < -0.3 is 42.6 Å². The molecule has 1 amide bonds. The number of likely N-dealkylation sites (tertiary alicyclic amines) is 1. The van der Waals surface area contributed by atoms with E-state index in [-0.39, 0.29) is 37.6 Å². The van der Waals surface area contributed by atoms with Gasteiger partial charge in [0.05, 0.1) is 45.2 Å². The minimum absolute atomic E-state index is 0.0372. The zero-order valence-corrected chi connectivity index (χ0v) is 38.5.